The zero-order valence-electron chi connectivity index (χ0n) is 22.0. The van der Waals surface area contributed by atoms with Gasteiger partial charge in [-0.3, -0.25) is 0 Å². The Kier molecular flexibility index (Phi) is 6.16. The molecule has 0 aromatic heterocycles. The van der Waals surface area contributed by atoms with Gasteiger partial charge in [0.1, 0.15) is 11.5 Å². The lowest BCUT2D eigenvalue weighted by Gasteiger charge is -2.39. The fourth-order valence-electron chi connectivity index (χ4n) is 5.93. The molecule has 0 aliphatic carbocycles. The lowest BCUT2D eigenvalue weighted by Crippen LogP contribution is -2.36. The summed E-state index contributed by atoms with van der Waals surface area (Å²) in [6, 6.07) is 30.1. The highest BCUT2D eigenvalue weighted by molar-refractivity contribution is 5.97. The van der Waals surface area contributed by atoms with E-state index in [-0.39, 0.29) is 12.0 Å². The van der Waals surface area contributed by atoms with Crippen LogP contribution in [0.15, 0.2) is 91.0 Å². The van der Waals surface area contributed by atoms with Crippen LogP contribution in [0.2, 0.25) is 0 Å². The Balaban J connectivity index is 1.55. The van der Waals surface area contributed by atoms with E-state index >= 15 is 0 Å². The van der Waals surface area contributed by atoms with E-state index in [2.05, 4.69) is 61.3 Å². The van der Waals surface area contributed by atoms with Gasteiger partial charge < -0.3 is 19.7 Å². The van der Waals surface area contributed by atoms with Crippen LogP contribution in [0.25, 0.3) is 0 Å². The molecule has 5 heteroatoms. The van der Waals surface area contributed by atoms with Crippen LogP contribution in [0.1, 0.15) is 58.1 Å². The maximum Gasteiger partial charge on any atom is 0.340 e. The lowest BCUT2D eigenvalue weighted by molar-refractivity contribution is 0.0226. The number of nitrogens with zero attached hydrogens (tertiary/aromatic N) is 1. The number of hydrogen-bond acceptors (Lipinski definition) is 5. The number of hydrogen-bond donors (Lipinski definition) is 1. The van der Waals surface area contributed by atoms with E-state index in [1.165, 1.54) is 11.1 Å². The number of esters is 1. The molecule has 6 rings (SSSR count). The van der Waals surface area contributed by atoms with E-state index in [0.717, 1.165) is 42.0 Å². The highest BCUT2D eigenvalue weighted by Crippen LogP contribution is 2.58. The minimum absolute atomic E-state index is 0.0177. The van der Waals surface area contributed by atoms with Crippen molar-refractivity contribution in [3.05, 3.63) is 124 Å². The third kappa shape index (κ3) is 3.77. The molecule has 0 fully saturated rings. The molecule has 0 saturated carbocycles. The van der Waals surface area contributed by atoms with Crippen molar-refractivity contribution < 1.29 is 14.3 Å². The molecule has 192 valence electrons. The molecule has 0 bridgehead atoms. The molecular formula is C33H32N2O3. The van der Waals surface area contributed by atoms with E-state index in [9.17, 15) is 4.79 Å². The summed E-state index contributed by atoms with van der Waals surface area (Å²) in [6.45, 7) is 9.29. The van der Waals surface area contributed by atoms with E-state index in [0.29, 0.717) is 17.1 Å². The largest absolute Gasteiger partial charge is 0.456 e. The Morgan fingerprint density at radius 3 is 2.29 bits per heavy atom. The second-order valence-electron chi connectivity index (χ2n) is 9.93. The number of fused-ring (bicyclic) bond motifs is 6. The first-order valence-electron chi connectivity index (χ1n) is 13.3. The monoisotopic (exact) mass is 504 g/mol. The standard InChI is InChI=1S/C33H32N2O3/c1-4-35(5-2)21-28(23-14-7-6-13-22(23)3)34-27-18-12-20-30-31(27)33(26-17-10-11-19-29(26)37-30)25-16-9-8-15-24(25)32(36)38-33/h6-20,28,34H,4-5,21H2,1-3H3. The smallest absolute Gasteiger partial charge is 0.340 e. The van der Waals surface area contributed by atoms with Crippen molar-refractivity contribution in [2.75, 3.05) is 25.0 Å². The van der Waals surface area contributed by atoms with Gasteiger partial charge in [0.25, 0.3) is 0 Å². The summed E-state index contributed by atoms with van der Waals surface area (Å²) in [5, 5.41) is 3.88. The van der Waals surface area contributed by atoms with Crippen molar-refractivity contribution in [1.29, 1.82) is 0 Å². The van der Waals surface area contributed by atoms with Gasteiger partial charge in [0.15, 0.2) is 5.60 Å². The van der Waals surface area contributed by atoms with Crippen molar-refractivity contribution >= 4 is 11.7 Å². The highest BCUT2D eigenvalue weighted by atomic mass is 16.6. The van der Waals surface area contributed by atoms with Crippen LogP contribution >= 0.6 is 0 Å². The van der Waals surface area contributed by atoms with Crippen LogP contribution in [0.4, 0.5) is 5.69 Å². The molecule has 5 nitrogen and oxygen atoms in total. The second kappa shape index (κ2) is 9.66. The third-order valence-corrected chi connectivity index (χ3v) is 7.87. The van der Waals surface area contributed by atoms with Gasteiger partial charge in [0.05, 0.1) is 17.2 Å². The summed E-state index contributed by atoms with van der Waals surface area (Å²) < 4.78 is 12.9. The molecular weight excluding hydrogens is 472 g/mol. The first kappa shape index (κ1) is 24.3. The number of anilines is 1. The van der Waals surface area contributed by atoms with Crippen molar-refractivity contribution in [2.24, 2.45) is 0 Å². The second-order valence-corrected chi connectivity index (χ2v) is 9.93. The molecule has 4 aromatic rings. The average Bonchev–Trinajstić information content (AvgIpc) is 3.24. The Morgan fingerprint density at radius 1 is 0.816 bits per heavy atom. The number of nitrogens with one attached hydrogen (secondary N) is 1. The number of carbonyl (C=O) groups excluding carboxylic acids is 1. The number of carbonyl (C=O) groups is 1. The van der Waals surface area contributed by atoms with E-state index in [1.807, 2.05) is 60.7 Å². The van der Waals surface area contributed by atoms with Gasteiger partial charge in [0, 0.05) is 23.4 Å². The molecule has 2 aliphatic heterocycles. The van der Waals surface area contributed by atoms with Crippen molar-refractivity contribution in [3.8, 4) is 11.5 Å². The summed E-state index contributed by atoms with van der Waals surface area (Å²) in [6.07, 6.45) is 0. The van der Waals surface area contributed by atoms with E-state index in [4.69, 9.17) is 9.47 Å². The van der Waals surface area contributed by atoms with Gasteiger partial charge in [0.2, 0.25) is 0 Å². The first-order chi connectivity index (χ1) is 18.6. The number of rotatable bonds is 7. The molecule has 2 atom stereocenters. The summed E-state index contributed by atoms with van der Waals surface area (Å²) in [5.74, 6) is 1.06. The molecule has 0 amide bonds. The maximum atomic E-state index is 13.3. The molecule has 2 unspecified atom stereocenters. The van der Waals surface area contributed by atoms with E-state index in [1.54, 1.807) is 0 Å². The Hall–Kier alpha value is -4.09. The molecule has 1 N–H and O–H groups in total. The summed E-state index contributed by atoms with van der Waals surface area (Å²) in [5.41, 5.74) is 5.35. The topological polar surface area (TPSA) is 50.8 Å². The van der Waals surface area contributed by atoms with Gasteiger partial charge in [-0.25, -0.2) is 4.79 Å². The highest BCUT2D eigenvalue weighted by Gasteiger charge is 2.54. The minimum Gasteiger partial charge on any atom is -0.456 e. The Bertz CT molecular complexity index is 1510. The number of benzene rings is 4. The fraction of sp³-hybridized carbons (Fsp3) is 0.242. The quantitative estimate of drug-likeness (QED) is 0.273. The zero-order chi connectivity index (χ0) is 26.3. The average molecular weight is 505 g/mol. The summed E-state index contributed by atoms with van der Waals surface area (Å²) in [7, 11) is 0. The predicted octanol–water partition coefficient (Wildman–Crippen LogP) is 7.06. The molecule has 2 aliphatic rings. The van der Waals surface area contributed by atoms with Gasteiger partial charge in [-0.05, 0) is 55.4 Å². The van der Waals surface area contributed by atoms with Gasteiger partial charge in [-0.1, -0.05) is 80.6 Å². The number of aryl methyl sites for hydroxylation is 1. The molecule has 38 heavy (non-hydrogen) atoms. The number of para-hydroxylation sites is 1. The maximum absolute atomic E-state index is 13.3. The number of ether oxygens (including phenoxy) is 2. The van der Waals surface area contributed by atoms with Crippen LogP contribution in [-0.4, -0.2) is 30.5 Å². The van der Waals surface area contributed by atoms with Crippen molar-refractivity contribution in [3.63, 3.8) is 0 Å². The van der Waals surface area contributed by atoms with Crippen LogP contribution in [0.5, 0.6) is 11.5 Å². The Morgan fingerprint density at radius 2 is 1.50 bits per heavy atom. The van der Waals surface area contributed by atoms with Crippen LogP contribution in [-0.2, 0) is 10.3 Å². The van der Waals surface area contributed by atoms with E-state index < -0.39 is 5.60 Å². The molecule has 2 heterocycles. The molecule has 1 spiro atoms. The third-order valence-electron chi connectivity index (χ3n) is 7.87. The SMILES string of the molecule is CCN(CC)CC(Nc1cccc2c1C1(OC(=O)c3ccccc31)c1ccccc1O2)c1ccccc1C. The van der Waals surface area contributed by atoms with Crippen LogP contribution in [0, 0.1) is 6.92 Å². The zero-order valence-corrected chi connectivity index (χ0v) is 22.0. The summed E-state index contributed by atoms with van der Waals surface area (Å²) in [4.78, 5) is 15.7. The predicted molar refractivity (Wildman–Crippen MR) is 150 cm³/mol. The first-order valence-corrected chi connectivity index (χ1v) is 13.3. The van der Waals surface area contributed by atoms with Gasteiger partial charge in [-0.15, -0.1) is 0 Å². The van der Waals surface area contributed by atoms with Crippen molar-refractivity contribution in [2.45, 2.75) is 32.4 Å². The lowest BCUT2D eigenvalue weighted by atomic mass is 9.77. The molecule has 0 radical (unpaired) electrons. The molecule has 0 saturated heterocycles. The summed E-state index contributed by atoms with van der Waals surface area (Å²) >= 11 is 0. The van der Waals surface area contributed by atoms with Gasteiger partial charge in [-0.2, -0.15) is 0 Å². The molecule has 4 aromatic carbocycles. The Labute approximate surface area is 224 Å². The minimum atomic E-state index is -1.10. The van der Waals surface area contributed by atoms with Gasteiger partial charge >= 0.3 is 5.97 Å². The normalized spacial score (nSPS) is 17.8. The van der Waals surface area contributed by atoms with Crippen molar-refractivity contribution in [1.82, 2.24) is 4.90 Å². The number of likely N-dealkylation sites (N-methyl/N-ethyl adjacent to an activating group) is 1. The fourth-order valence-corrected chi connectivity index (χ4v) is 5.93. The van der Waals surface area contributed by atoms with Crippen LogP contribution < -0.4 is 10.1 Å². The van der Waals surface area contributed by atoms with Crippen LogP contribution in [0.3, 0.4) is 0 Å².